The van der Waals surface area contributed by atoms with E-state index in [0.29, 0.717) is 18.7 Å². The number of hydrogen-bond acceptors (Lipinski definition) is 4. The van der Waals surface area contributed by atoms with Crippen molar-refractivity contribution in [3.8, 4) is 0 Å². The third-order valence-corrected chi connectivity index (χ3v) is 5.49. The lowest BCUT2D eigenvalue weighted by Gasteiger charge is -2.36. The number of aryl methyl sites for hydroxylation is 2. The zero-order valence-corrected chi connectivity index (χ0v) is 16.9. The summed E-state index contributed by atoms with van der Waals surface area (Å²) in [5.41, 5.74) is 5.26. The van der Waals surface area contributed by atoms with Gasteiger partial charge in [0.25, 0.3) is 5.91 Å². The Morgan fingerprint density at radius 2 is 1.52 bits per heavy atom. The average molecular weight is 392 g/mol. The summed E-state index contributed by atoms with van der Waals surface area (Å²) in [5, 5.41) is 0. The van der Waals surface area contributed by atoms with E-state index < -0.39 is 0 Å². The number of fused-ring (bicyclic) bond motifs is 1. The van der Waals surface area contributed by atoms with Crippen LogP contribution < -0.4 is 4.90 Å². The number of carbonyl (C=O) groups is 1. The van der Waals surface area contributed by atoms with Crippen LogP contribution in [0, 0.1) is 5.82 Å². The van der Waals surface area contributed by atoms with E-state index in [-0.39, 0.29) is 11.7 Å². The van der Waals surface area contributed by atoms with Gasteiger partial charge >= 0.3 is 0 Å². The second-order valence-corrected chi connectivity index (χ2v) is 7.28. The zero-order valence-electron chi connectivity index (χ0n) is 16.9. The van der Waals surface area contributed by atoms with Gasteiger partial charge in [0.05, 0.1) is 22.4 Å². The molecule has 0 atom stereocenters. The lowest BCUT2D eigenvalue weighted by atomic mass is 10.1. The Hall–Kier alpha value is -3.02. The molecule has 1 fully saturated rings. The number of amides is 1. The van der Waals surface area contributed by atoms with Crippen molar-refractivity contribution < 1.29 is 9.18 Å². The quantitative estimate of drug-likeness (QED) is 0.677. The summed E-state index contributed by atoms with van der Waals surface area (Å²) in [4.78, 5) is 26.5. The van der Waals surface area contributed by atoms with Crippen LogP contribution in [0.3, 0.4) is 0 Å². The predicted molar refractivity (Wildman–Crippen MR) is 113 cm³/mol. The van der Waals surface area contributed by atoms with Crippen LogP contribution in [0.5, 0.6) is 0 Å². The summed E-state index contributed by atoms with van der Waals surface area (Å²) in [7, 11) is 0. The van der Waals surface area contributed by atoms with E-state index in [1.807, 2.05) is 23.1 Å². The molecule has 0 bridgehead atoms. The number of aromatic nitrogens is 2. The molecule has 2 aromatic carbocycles. The van der Waals surface area contributed by atoms with Crippen molar-refractivity contribution in [2.24, 2.45) is 0 Å². The molecule has 0 N–H and O–H groups in total. The van der Waals surface area contributed by atoms with Gasteiger partial charge in [-0.2, -0.15) is 0 Å². The maximum absolute atomic E-state index is 13.1. The normalized spacial score (nSPS) is 14.4. The molecule has 29 heavy (non-hydrogen) atoms. The minimum Gasteiger partial charge on any atom is -0.368 e. The number of rotatable bonds is 4. The molecule has 0 aliphatic carbocycles. The van der Waals surface area contributed by atoms with E-state index in [1.54, 1.807) is 12.1 Å². The van der Waals surface area contributed by atoms with E-state index in [2.05, 4.69) is 18.7 Å². The van der Waals surface area contributed by atoms with Crippen LogP contribution in [0.4, 0.5) is 10.1 Å². The van der Waals surface area contributed by atoms with Crippen LogP contribution in [0.15, 0.2) is 42.5 Å². The average Bonchev–Trinajstić information content (AvgIpc) is 2.78. The summed E-state index contributed by atoms with van der Waals surface area (Å²) in [6.07, 6.45) is 1.68. The predicted octanol–water partition coefficient (Wildman–Crippen LogP) is 3.86. The summed E-state index contributed by atoms with van der Waals surface area (Å²) in [5.74, 6) is -0.218. The number of hydrogen-bond donors (Lipinski definition) is 0. The first-order chi connectivity index (χ1) is 14.1. The molecule has 0 unspecified atom stereocenters. The molecular formula is C23H25FN4O. The lowest BCUT2D eigenvalue weighted by Crippen LogP contribution is -2.48. The van der Waals surface area contributed by atoms with Crippen LogP contribution in [-0.4, -0.2) is 47.0 Å². The standard InChI is InChI=1S/C23H25FN4O/c1-3-19-20(4-2)26-22-15-16(5-10-21(22)25-19)23(29)28-13-11-27(12-14-28)18-8-6-17(24)7-9-18/h5-10,15H,3-4,11-14H2,1-2H3. The fraction of sp³-hybridized carbons (Fsp3) is 0.348. The zero-order chi connectivity index (χ0) is 20.4. The van der Waals surface area contributed by atoms with Crippen molar-refractivity contribution in [2.75, 3.05) is 31.1 Å². The van der Waals surface area contributed by atoms with Gasteiger partial charge in [-0.15, -0.1) is 0 Å². The third-order valence-electron chi connectivity index (χ3n) is 5.49. The lowest BCUT2D eigenvalue weighted by molar-refractivity contribution is 0.0747. The van der Waals surface area contributed by atoms with Crippen LogP contribution >= 0.6 is 0 Å². The molecule has 1 aliphatic rings. The van der Waals surface area contributed by atoms with Gasteiger partial charge in [-0.05, 0) is 55.3 Å². The number of halogens is 1. The minimum absolute atomic E-state index is 0.0186. The molecule has 6 heteroatoms. The van der Waals surface area contributed by atoms with Crippen molar-refractivity contribution in [1.29, 1.82) is 0 Å². The van der Waals surface area contributed by atoms with Crippen LogP contribution in [0.2, 0.25) is 0 Å². The topological polar surface area (TPSA) is 49.3 Å². The minimum atomic E-state index is -0.237. The van der Waals surface area contributed by atoms with Gasteiger partial charge in [0, 0.05) is 37.4 Å². The van der Waals surface area contributed by atoms with Crippen molar-refractivity contribution >= 4 is 22.6 Å². The molecule has 1 amide bonds. The van der Waals surface area contributed by atoms with E-state index in [0.717, 1.165) is 54.0 Å². The largest absolute Gasteiger partial charge is 0.368 e. The van der Waals surface area contributed by atoms with E-state index >= 15 is 0 Å². The first-order valence-electron chi connectivity index (χ1n) is 10.2. The number of anilines is 1. The van der Waals surface area contributed by atoms with Crippen molar-refractivity contribution in [2.45, 2.75) is 26.7 Å². The van der Waals surface area contributed by atoms with Crippen molar-refractivity contribution in [3.63, 3.8) is 0 Å². The number of benzene rings is 2. The Bertz CT molecular complexity index is 1030. The number of nitrogens with zero attached hydrogens (tertiary/aromatic N) is 4. The van der Waals surface area contributed by atoms with Crippen LogP contribution in [-0.2, 0) is 12.8 Å². The summed E-state index contributed by atoms with van der Waals surface area (Å²) >= 11 is 0. The highest BCUT2D eigenvalue weighted by Crippen LogP contribution is 2.20. The van der Waals surface area contributed by atoms with Crippen molar-refractivity contribution in [3.05, 3.63) is 65.2 Å². The summed E-state index contributed by atoms with van der Waals surface area (Å²) < 4.78 is 13.1. The van der Waals surface area contributed by atoms with Crippen LogP contribution in [0.1, 0.15) is 35.6 Å². The molecule has 4 rings (SSSR count). The SMILES string of the molecule is CCc1nc2ccc(C(=O)N3CCN(c4ccc(F)cc4)CC3)cc2nc1CC. The van der Waals surface area contributed by atoms with Gasteiger partial charge in [-0.1, -0.05) is 13.8 Å². The first-order valence-corrected chi connectivity index (χ1v) is 10.2. The highest BCUT2D eigenvalue weighted by atomic mass is 19.1. The summed E-state index contributed by atoms with van der Waals surface area (Å²) in [6, 6.07) is 12.1. The Labute approximate surface area is 170 Å². The molecule has 0 spiro atoms. The van der Waals surface area contributed by atoms with Gasteiger partial charge in [-0.3, -0.25) is 4.79 Å². The van der Waals surface area contributed by atoms with Crippen LogP contribution in [0.25, 0.3) is 11.0 Å². The third kappa shape index (κ3) is 3.92. The highest BCUT2D eigenvalue weighted by molar-refractivity contribution is 5.97. The van der Waals surface area contributed by atoms with Gasteiger partial charge in [0.2, 0.25) is 0 Å². The molecule has 3 aromatic rings. The molecule has 1 aliphatic heterocycles. The molecule has 0 radical (unpaired) electrons. The van der Waals surface area contributed by atoms with Gasteiger partial charge in [0.1, 0.15) is 5.82 Å². The fourth-order valence-corrected chi connectivity index (χ4v) is 3.83. The monoisotopic (exact) mass is 392 g/mol. The van der Waals surface area contributed by atoms with Crippen molar-refractivity contribution in [1.82, 2.24) is 14.9 Å². The maximum atomic E-state index is 13.1. The number of piperazine rings is 1. The van der Waals surface area contributed by atoms with Gasteiger partial charge in [-0.25, -0.2) is 14.4 Å². The molecule has 2 heterocycles. The van der Waals surface area contributed by atoms with Gasteiger partial charge in [0.15, 0.2) is 0 Å². The maximum Gasteiger partial charge on any atom is 0.254 e. The fourth-order valence-electron chi connectivity index (χ4n) is 3.83. The van der Waals surface area contributed by atoms with E-state index in [4.69, 9.17) is 9.97 Å². The second-order valence-electron chi connectivity index (χ2n) is 7.28. The highest BCUT2D eigenvalue weighted by Gasteiger charge is 2.23. The number of carbonyl (C=O) groups excluding carboxylic acids is 1. The Morgan fingerprint density at radius 1 is 0.897 bits per heavy atom. The molecule has 1 aromatic heterocycles. The van der Waals surface area contributed by atoms with E-state index in [9.17, 15) is 9.18 Å². The second kappa shape index (κ2) is 8.15. The molecule has 1 saturated heterocycles. The summed E-state index contributed by atoms with van der Waals surface area (Å²) in [6.45, 7) is 6.88. The Morgan fingerprint density at radius 3 is 2.14 bits per heavy atom. The van der Waals surface area contributed by atoms with Gasteiger partial charge < -0.3 is 9.80 Å². The Balaban J connectivity index is 1.49. The molecule has 150 valence electrons. The van der Waals surface area contributed by atoms with E-state index in [1.165, 1.54) is 12.1 Å². The molecular weight excluding hydrogens is 367 g/mol. The molecule has 5 nitrogen and oxygen atoms in total. The first kappa shape index (κ1) is 19.3. The molecule has 0 saturated carbocycles. The Kier molecular flexibility index (Phi) is 5.43. The smallest absolute Gasteiger partial charge is 0.254 e.